The highest BCUT2D eigenvalue weighted by atomic mass is 35.5. The first-order valence-corrected chi connectivity index (χ1v) is 8.61. The zero-order chi connectivity index (χ0) is 17.3. The topological polar surface area (TPSA) is 56.1 Å². The third-order valence-corrected chi connectivity index (χ3v) is 5.43. The molecule has 128 valence electrons. The number of rotatable bonds is 5. The van der Waals surface area contributed by atoms with Gasteiger partial charge in [-0.2, -0.15) is 9.78 Å². The summed E-state index contributed by atoms with van der Waals surface area (Å²) in [5.41, 5.74) is 0.689. The Labute approximate surface area is 154 Å². The van der Waals surface area contributed by atoms with Crippen molar-refractivity contribution in [2.45, 2.75) is 24.9 Å². The molecule has 1 N–H and O–H groups in total. The minimum absolute atomic E-state index is 0.0722. The van der Waals surface area contributed by atoms with Gasteiger partial charge in [0.15, 0.2) is 0 Å². The fraction of sp³-hybridized carbons (Fsp3) is 0.375. The van der Waals surface area contributed by atoms with E-state index in [1.807, 2.05) is 0 Å². The third kappa shape index (κ3) is 3.26. The number of benzene rings is 1. The number of nitrogens with one attached hydrogen (secondary N) is 1. The summed E-state index contributed by atoms with van der Waals surface area (Å²) >= 11 is 18.0. The normalized spacial score (nSPS) is 15.8. The van der Waals surface area contributed by atoms with Crippen LogP contribution in [-0.2, 0) is 4.74 Å². The second kappa shape index (κ2) is 6.92. The maximum absolute atomic E-state index is 12.1. The van der Waals surface area contributed by atoms with Crippen molar-refractivity contribution in [1.82, 2.24) is 9.78 Å². The molecule has 24 heavy (non-hydrogen) atoms. The molecule has 0 saturated heterocycles. The Morgan fingerprint density at radius 2 is 2.04 bits per heavy atom. The Balaban J connectivity index is 1.83. The number of anilines is 1. The molecule has 0 amide bonds. The van der Waals surface area contributed by atoms with Crippen molar-refractivity contribution in [3.63, 3.8) is 0 Å². The van der Waals surface area contributed by atoms with Crippen LogP contribution >= 0.6 is 34.8 Å². The molecule has 5 nitrogen and oxygen atoms in total. The van der Waals surface area contributed by atoms with Gasteiger partial charge in [0.1, 0.15) is 5.02 Å². The van der Waals surface area contributed by atoms with Gasteiger partial charge < -0.3 is 10.1 Å². The van der Waals surface area contributed by atoms with E-state index in [2.05, 4.69) is 10.4 Å². The van der Waals surface area contributed by atoms with Crippen LogP contribution in [0.4, 0.5) is 5.69 Å². The third-order valence-electron chi connectivity index (χ3n) is 4.37. The first-order valence-electron chi connectivity index (χ1n) is 7.48. The van der Waals surface area contributed by atoms with E-state index < -0.39 is 5.56 Å². The summed E-state index contributed by atoms with van der Waals surface area (Å²) in [6.45, 7) is 0.688. The zero-order valence-electron chi connectivity index (χ0n) is 13.0. The standard InChI is InChI=1S/C16H16Cl3N3O2/c1-24-16(5-2-6-16)9-20-13-4-3-10(7-11(13)17)22-15(23)14(19)12(18)8-21-22/h3-4,7-8,20H,2,5-6,9H2,1H3. The maximum Gasteiger partial charge on any atom is 0.291 e. The lowest BCUT2D eigenvalue weighted by Crippen LogP contribution is -2.45. The minimum Gasteiger partial charge on any atom is -0.381 e. The highest BCUT2D eigenvalue weighted by Crippen LogP contribution is 2.36. The Bertz CT molecular complexity index is 813. The summed E-state index contributed by atoms with van der Waals surface area (Å²) in [5, 5.41) is 7.83. The number of hydrogen-bond acceptors (Lipinski definition) is 4. The van der Waals surface area contributed by atoms with E-state index in [9.17, 15) is 4.79 Å². The van der Waals surface area contributed by atoms with Crippen molar-refractivity contribution in [3.05, 3.63) is 49.8 Å². The molecular weight excluding hydrogens is 373 g/mol. The van der Waals surface area contributed by atoms with E-state index in [1.54, 1.807) is 25.3 Å². The van der Waals surface area contributed by atoms with Gasteiger partial charge in [-0.05, 0) is 37.5 Å². The Kier molecular flexibility index (Phi) is 5.06. The molecular formula is C16H16Cl3N3O2. The Morgan fingerprint density at radius 3 is 2.62 bits per heavy atom. The van der Waals surface area contributed by atoms with Gasteiger partial charge in [0, 0.05) is 13.7 Å². The van der Waals surface area contributed by atoms with Gasteiger partial charge in [-0.25, -0.2) is 0 Å². The largest absolute Gasteiger partial charge is 0.381 e. The van der Waals surface area contributed by atoms with E-state index >= 15 is 0 Å². The lowest BCUT2D eigenvalue weighted by molar-refractivity contribution is -0.0601. The number of ether oxygens (including phenoxy) is 1. The molecule has 0 radical (unpaired) electrons. The van der Waals surface area contributed by atoms with Gasteiger partial charge in [-0.3, -0.25) is 4.79 Å². The van der Waals surface area contributed by atoms with Crippen LogP contribution in [0.15, 0.2) is 29.2 Å². The zero-order valence-corrected chi connectivity index (χ0v) is 15.3. The SMILES string of the molecule is COC1(CNc2ccc(-n3ncc(Cl)c(Cl)c3=O)cc2Cl)CCC1. The van der Waals surface area contributed by atoms with Crippen LogP contribution in [0.2, 0.25) is 15.1 Å². The van der Waals surface area contributed by atoms with Crippen molar-refractivity contribution in [1.29, 1.82) is 0 Å². The van der Waals surface area contributed by atoms with Crippen LogP contribution in [-0.4, -0.2) is 29.0 Å². The fourth-order valence-electron chi connectivity index (χ4n) is 2.66. The van der Waals surface area contributed by atoms with Crippen molar-refractivity contribution in [3.8, 4) is 5.69 Å². The number of hydrogen-bond donors (Lipinski definition) is 1. The van der Waals surface area contributed by atoms with Gasteiger partial charge >= 0.3 is 0 Å². The minimum atomic E-state index is -0.492. The van der Waals surface area contributed by atoms with Crippen molar-refractivity contribution < 1.29 is 4.74 Å². The number of aromatic nitrogens is 2. The predicted molar refractivity (Wildman–Crippen MR) is 96.9 cm³/mol. The van der Waals surface area contributed by atoms with Gasteiger partial charge in [-0.1, -0.05) is 34.8 Å². The van der Waals surface area contributed by atoms with E-state index in [0.717, 1.165) is 23.2 Å². The van der Waals surface area contributed by atoms with Crippen LogP contribution < -0.4 is 10.9 Å². The van der Waals surface area contributed by atoms with E-state index in [0.29, 0.717) is 17.3 Å². The van der Waals surface area contributed by atoms with Gasteiger partial charge in [0.2, 0.25) is 0 Å². The number of nitrogens with zero attached hydrogens (tertiary/aromatic N) is 2. The first kappa shape index (κ1) is 17.5. The second-order valence-electron chi connectivity index (χ2n) is 5.78. The molecule has 0 spiro atoms. The highest BCUT2D eigenvalue weighted by Gasteiger charge is 2.36. The number of methoxy groups -OCH3 is 1. The first-order chi connectivity index (χ1) is 11.5. The van der Waals surface area contributed by atoms with E-state index in [4.69, 9.17) is 39.5 Å². The van der Waals surface area contributed by atoms with Crippen LogP contribution in [0.1, 0.15) is 19.3 Å². The molecule has 1 aliphatic carbocycles. The molecule has 1 heterocycles. The molecule has 1 aromatic heterocycles. The predicted octanol–water partition coefficient (Wildman–Crippen LogP) is 4.17. The van der Waals surface area contributed by atoms with Crippen LogP contribution in [0, 0.1) is 0 Å². The average molecular weight is 389 g/mol. The quantitative estimate of drug-likeness (QED) is 0.835. The number of halogens is 3. The molecule has 8 heteroatoms. The van der Waals surface area contributed by atoms with Crippen LogP contribution in [0.5, 0.6) is 0 Å². The summed E-state index contributed by atoms with van der Waals surface area (Å²) in [4.78, 5) is 12.1. The second-order valence-corrected chi connectivity index (χ2v) is 6.97. The summed E-state index contributed by atoms with van der Waals surface area (Å²) < 4.78 is 6.74. The van der Waals surface area contributed by atoms with Gasteiger partial charge in [0.25, 0.3) is 5.56 Å². The van der Waals surface area contributed by atoms with Gasteiger partial charge in [0.05, 0.1) is 33.2 Å². The summed E-state index contributed by atoms with van der Waals surface area (Å²) in [6.07, 6.45) is 4.57. The molecule has 2 aromatic rings. The molecule has 0 atom stereocenters. The summed E-state index contributed by atoms with van der Waals surface area (Å²) in [5.74, 6) is 0. The lowest BCUT2D eigenvalue weighted by Gasteiger charge is -2.40. The molecule has 1 aromatic carbocycles. The molecule has 3 rings (SSSR count). The van der Waals surface area contributed by atoms with E-state index in [1.165, 1.54) is 12.6 Å². The fourth-order valence-corrected chi connectivity index (χ4v) is 3.15. The van der Waals surface area contributed by atoms with Crippen molar-refractivity contribution in [2.75, 3.05) is 19.0 Å². The lowest BCUT2D eigenvalue weighted by atomic mass is 9.80. The molecule has 1 saturated carbocycles. The van der Waals surface area contributed by atoms with Crippen LogP contribution in [0.25, 0.3) is 5.69 Å². The molecule has 1 aliphatic rings. The summed E-state index contributed by atoms with van der Waals surface area (Å²) in [7, 11) is 1.73. The molecule has 0 aliphatic heterocycles. The molecule has 1 fully saturated rings. The average Bonchev–Trinajstić information content (AvgIpc) is 2.53. The smallest absolute Gasteiger partial charge is 0.291 e. The maximum atomic E-state index is 12.1. The Hall–Kier alpha value is -1.27. The molecule has 0 unspecified atom stereocenters. The van der Waals surface area contributed by atoms with Gasteiger partial charge in [-0.15, -0.1) is 0 Å². The van der Waals surface area contributed by atoms with E-state index in [-0.39, 0.29) is 15.6 Å². The van der Waals surface area contributed by atoms with Crippen LogP contribution in [0.3, 0.4) is 0 Å². The highest BCUT2D eigenvalue weighted by molar-refractivity contribution is 6.41. The van der Waals surface area contributed by atoms with Crippen molar-refractivity contribution in [2.24, 2.45) is 0 Å². The monoisotopic (exact) mass is 387 g/mol. The van der Waals surface area contributed by atoms with Crippen molar-refractivity contribution >= 4 is 40.5 Å². The summed E-state index contributed by atoms with van der Waals surface area (Å²) in [6, 6.07) is 5.20. The molecule has 0 bridgehead atoms. The Morgan fingerprint density at radius 1 is 1.29 bits per heavy atom.